The molecule has 5 heteroatoms. The van der Waals surface area contributed by atoms with Crippen molar-refractivity contribution in [2.75, 3.05) is 14.2 Å². The molecule has 98 valence electrons. The van der Waals surface area contributed by atoms with Gasteiger partial charge in [-0.25, -0.2) is 0 Å². The molecule has 0 spiro atoms. The zero-order valence-electron chi connectivity index (χ0n) is 11.0. The van der Waals surface area contributed by atoms with Crippen LogP contribution in [-0.2, 0) is 16.0 Å². The van der Waals surface area contributed by atoms with Crippen LogP contribution < -0.4 is 4.74 Å². The molecule has 0 saturated carbocycles. The predicted molar refractivity (Wildman–Crippen MR) is 70.0 cm³/mol. The number of aryl methyl sites for hydroxylation is 1. The Labute approximate surface area is 110 Å². The molecule has 0 amide bonds. The predicted octanol–water partition coefficient (Wildman–Crippen LogP) is 2.07. The monoisotopic (exact) mass is 258 g/mol. The summed E-state index contributed by atoms with van der Waals surface area (Å²) in [6, 6.07) is 5.58. The molecule has 2 rings (SSSR count). The molecule has 0 bridgehead atoms. The van der Waals surface area contributed by atoms with Crippen LogP contribution in [0.4, 0.5) is 0 Å². The summed E-state index contributed by atoms with van der Waals surface area (Å²) in [6.45, 7) is 1.89. The number of nitrogens with one attached hydrogen (secondary N) is 1. The summed E-state index contributed by atoms with van der Waals surface area (Å²) in [5.74, 6) is 0.201. The Hall–Kier alpha value is -2.48. The van der Waals surface area contributed by atoms with E-state index in [4.69, 9.17) is 14.7 Å². The molecular weight excluding hydrogens is 244 g/mol. The highest BCUT2D eigenvalue weighted by atomic mass is 16.5. The quantitative estimate of drug-likeness (QED) is 0.855. The number of carbonyl (C=O) groups excluding carboxylic acids is 1. The van der Waals surface area contributed by atoms with Crippen LogP contribution in [0.25, 0.3) is 10.9 Å². The Morgan fingerprint density at radius 1 is 1.42 bits per heavy atom. The van der Waals surface area contributed by atoms with Crippen molar-refractivity contribution in [1.29, 1.82) is 5.26 Å². The third-order valence-corrected chi connectivity index (χ3v) is 3.11. The van der Waals surface area contributed by atoms with Gasteiger partial charge in [-0.15, -0.1) is 0 Å². The summed E-state index contributed by atoms with van der Waals surface area (Å²) >= 11 is 0. The maximum Gasteiger partial charge on any atom is 0.310 e. The number of carbonyl (C=O) groups is 1. The number of H-pyrrole nitrogens is 1. The van der Waals surface area contributed by atoms with E-state index < -0.39 is 0 Å². The summed E-state index contributed by atoms with van der Waals surface area (Å²) in [4.78, 5) is 14.6. The molecule has 0 fully saturated rings. The van der Waals surface area contributed by atoms with Crippen LogP contribution in [0.1, 0.15) is 16.8 Å². The second-order valence-corrected chi connectivity index (χ2v) is 4.19. The number of esters is 1. The van der Waals surface area contributed by atoms with E-state index in [1.165, 1.54) is 14.2 Å². The van der Waals surface area contributed by atoms with Gasteiger partial charge in [-0.05, 0) is 24.6 Å². The summed E-state index contributed by atoms with van der Waals surface area (Å²) in [6.07, 6.45) is 0.192. The van der Waals surface area contributed by atoms with E-state index >= 15 is 0 Å². The highest BCUT2D eigenvalue weighted by Crippen LogP contribution is 2.29. The number of benzene rings is 1. The van der Waals surface area contributed by atoms with Crippen LogP contribution in [0.5, 0.6) is 5.75 Å². The molecule has 0 aliphatic rings. The second-order valence-electron chi connectivity index (χ2n) is 4.19. The number of fused-ring (bicyclic) bond motifs is 1. The highest BCUT2D eigenvalue weighted by Gasteiger charge is 2.15. The van der Waals surface area contributed by atoms with Crippen LogP contribution in [0.3, 0.4) is 0 Å². The molecule has 2 aromatic rings. The van der Waals surface area contributed by atoms with Crippen LogP contribution in [0, 0.1) is 18.3 Å². The van der Waals surface area contributed by atoms with Gasteiger partial charge in [0.15, 0.2) is 0 Å². The lowest BCUT2D eigenvalue weighted by molar-refractivity contribution is -0.139. The van der Waals surface area contributed by atoms with Crippen molar-refractivity contribution in [3.63, 3.8) is 0 Å². The Kier molecular flexibility index (Phi) is 3.43. The van der Waals surface area contributed by atoms with Crippen molar-refractivity contribution in [2.24, 2.45) is 0 Å². The first-order valence-electron chi connectivity index (χ1n) is 5.76. The molecule has 1 aromatic carbocycles. The van der Waals surface area contributed by atoms with E-state index in [-0.39, 0.29) is 12.4 Å². The van der Waals surface area contributed by atoms with Gasteiger partial charge in [-0.1, -0.05) is 0 Å². The van der Waals surface area contributed by atoms with Gasteiger partial charge >= 0.3 is 5.97 Å². The first-order valence-corrected chi connectivity index (χ1v) is 5.76. The van der Waals surface area contributed by atoms with Gasteiger partial charge in [0, 0.05) is 16.6 Å². The lowest BCUT2D eigenvalue weighted by Gasteiger charge is -2.04. The summed E-state index contributed by atoms with van der Waals surface area (Å²) < 4.78 is 9.88. The topological polar surface area (TPSA) is 75.1 Å². The van der Waals surface area contributed by atoms with E-state index in [1.807, 2.05) is 6.92 Å². The van der Waals surface area contributed by atoms with Gasteiger partial charge in [-0.2, -0.15) is 5.26 Å². The lowest BCUT2D eigenvalue weighted by atomic mass is 10.1. The fourth-order valence-corrected chi connectivity index (χ4v) is 2.11. The molecule has 0 aliphatic carbocycles. The average Bonchev–Trinajstić information content (AvgIpc) is 2.72. The van der Waals surface area contributed by atoms with Crippen LogP contribution in [-0.4, -0.2) is 25.2 Å². The van der Waals surface area contributed by atoms with Crippen LogP contribution in [0.2, 0.25) is 0 Å². The van der Waals surface area contributed by atoms with Gasteiger partial charge in [0.25, 0.3) is 0 Å². The third-order valence-electron chi connectivity index (χ3n) is 3.11. The number of nitrogens with zero attached hydrogens (tertiary/aromatic N) is 1. The molecule has 0 saturated heterocycles. The number of methoxy groups -OCH3 is 2. The molecule has 1 aromatic heterocycles. The lowest BCUT2D eigenvalue weighted by Crippen LogP contribution is -2.05. The summed E-state index contributed by atoms with van der Waals surface area (Å²) in [7, 11) is 2.88. The highest BCUT2D eigenvalue weighted by molar-refractivity contribution is 5.91. The number of hydrogen-bond donors (Lipinski definition) is 1. The number of ether oxygens (including phenoxy) is 2. The van der Waals surface area contributed by atoms with Gasteiger partial charge < -0.3 is 14.5 Å². The number of aromatic amines is 1. The normalized spacial score (nSPS) is 10.2. The summed E-state index contributed by atoms with van der Waals surface area (Å²) in [5.41, 5.74) is 3.02. The first kappa shape index (κ1) is 13.0. The SMILES string of the molecule is COC(=O)Cc1c(C)[nH]c2cc(C#N)c(OC)cc12. The number of rotatable bonds is 3. The van der Waals surface area contributed by atoms with Crippen molar-refractivity contribution < 1.29 is 14.3 Å². The molecular formula is C14H14N2O3. The zero-order valence-corrected chi connectivity index (χ0v) is 11.0. The van der Waals surface area contributed by atoms with Gasteiger partial charge in [0.2, 0.25) is 0 Å². The van der Waals surface area contributed by atoms with E-state index in [1.54, 1.807) is 12.1 Å². The van der Waals surface area contributed by atoms with Crippen molar-refractivity contribution >= 4 is 16.9 Å². The van der Waals surface area contributed by atoms with Gasteiger partial charge in [-0.3, -0.25) is 4.79 Å². The Morgan fingerprint density at radius 2 is 2.16 bits per heavy atom. The fourth-order valence-electron chi connectivity index (χ4n) is 2.11. The molecule has 1 heterocycles. The van der Waals surface area contributed by atoms with Crippen molar-refractivity contribution in [3.8, 4) is 11.8 Å². The molecule has 0 unspecified atom stereocenters. The smallest absolute Gasteiger partial charge is 0.310 e. The van der Waals surface area contributed by atoms with E-state index in [0.717, 1.165) is 22.2 Å². The average molecular weight is 258 g/mol. The second kappa shape index (κ2) is 5.02. The van der Waals surface area contributed by atoms with Crippen LogP contribution >= 0.6 is 0 Å². The standard InChI is InChI=1S/C14H14N2O3/c1-8-10(6-14(17)19-3)11-5-13(18-2)9(7-15)4-12(11)16-8/h4-5,16H,6H2,1-3H3. The Bertz CT molecular complexity index is 680. The molecule has 19 heavy (non-hydrogen) atoms. The van der Waals surface area contributed by atoms with Crippen molar-refractivity contribution in [2.45, 2.75) is 13.3 Å². The molecule has 0 radical (unpaired) electrons. The Balaban J connectivity index is 2.62. The van der Waals surface area contributed by atoms with Crippen LogP contribution in [0.15, 0.2) is 12.1 Å². The Morgan fingerprint density at radius 3 is 2.74 bits per heavy atom. The molecule has 1 N–H and O–H groups in total. The van der Waals surface area contributed by atoms with E-state index in [9.17, 15) is 4.79 Å². The van der Waals surface area contributed by atoms with Crippen molar-refractivity contribution in [1.82, 2.24) is 4.98 Å². The fraction of sp³-hybridized carbons (Fsp3) is 0.286. The maximum absolute atomic E-state index is 11.4. The number of nitriles is 1. The number of aromatic nitrogens is 1. The maximum atomic E-state index is 11.4. The minimum absolute atomic E-state index is 0.192. The minimum atomic E-state index is -0.299. The van der Waals surface area contributed by atoms with E-state index in [0.29, 0.717) is 11.3 Å². The van der Waals surface area contributed by atoms with E-state index in [2.05, 4.69) is 11.1 Å². The van der Waals surface area contributed by atoms with Gasteiger partial charge in [0.1, 0.15) is 11.8 Å². The number of hydrogen-bond acceptors (Lipinski definition) is 4. The third kappa shape index (κ3) is 2.25. The van der Waals surface area contributed by atoms with Gasteiger partial charge in [0.05, 0.1) is 26.2 Å². The molecule has 0 atom stereocenters. The summed E-state index contributed by atoms with van der Waals surface area (Å²) in [5, 5.41) is 9.92. The molecule has 0 aliphatic heterocycles. The largest absolute Gasteiger partial charge is 0.495 e. The first-order chi connectivity index (χ1) is 9.10. The minimum Gasteiger partial charge on any atom is -0.495 e. The van der Waals surface area contributed by atoms with Crippen molar-refractivity contribution in [3.05, 3.63) is 29.0 Å². The zero-order chi connectivity index (χ0) is 14.0. The molecule has 5 nitrogen and oxygen atoms in total.